The second-order valence-corrected chi connectivity index (χ2v) is 7.00. The first-order valence-electron chi connectivity index (χ1n) is 10.7. The van der Waals surface area contributed by atoms with Gasteiger partial charge in [0.15, 0.2) is 6.10 Å². The van der Waals surface area contributed by atoms with Crippen molar-refractivity contribution in [3.05, 3.63) is 12.2 Å². The van der Waals surface area contributed by atoms with Crippen LogP contribution in [-0.4, -0.2) is 36.4 Å². The van der Waals surface area contributed by atoms with Crippen molar-refractivity contribution in [2.75, 3.05) is 13.2 Å². The van der Waals surface area contributed by atoms with Gasteiger partial charge in [0, 0.05) is 12.8 Å². The summed E-state index contributed by atoms with van der Waals surface area (Å²) in [5.41, 5.74) is 0. The molecule has 5 heteroatoms. The van der Waals surface area contributed by atoms with Crippen molar-refractivity contribution >= 4 is 11.9 Å². The van der Waals surface area contributed by atoms with Gasteiger partial charge >= 0.3 is 11.9 Å². The molecule has 0 aliphatic rings. The van der Waals surface area contributed by atoms with E-state index in [-0.39, 0.29) is 25.2 Å². The van der Waals surface area contributed by atoms with E-state index in [1.54, 1.807) is 0 Å². The van der Waals surface area contributed by atoms with E-state index in [1.165, 1.54) is 32.1 Å². The fourth-order valence-corrected chi connectivity index (χ4v) is 2.57. The number of ether oxygens (including phenoxy) is 2. The molecular formula is C22H40O5. The summed E-state index contributed by atoms with van der Waals surface area (Å²) in [5, 5.41) is 9.25. The lowest BCUT2D eigenvalue weighted by Gasteiger charge is -2.15. The molecule has 158 valence electrons. The molecule has 0 bridgehead atoms. The van der Waals surface area contributed by atoms with Crippen LogP contribution in [0, 0.1) is 0 Å². The zero-order chi connectivity index (χ0) is 20.2. The molecule has 0 aromatic heterocycles. The fraction of sp³-hybridized carbons (Fsp3) is 0.818. The van der Waals surface area contributed by atoms with Gasteiger partial charge < -0.3 is 14.6 Å². The van der Waals surface area contributed by atoms with Crippen molar-refractivity contribution in [1.82, 2.24) is 0 Å². The average Bonchev–Trinajstić information content (AvgIpc) is 2.67. The number of hydrogen-bond donors (Lipinski definition) is 1. The maximum atomic E-state index is 11.8. The lowest BCUT2D eigenvalue weighted by atomic mass is 10.1. The fourth-order valence-electron chi connectivity index (χ4n) is 2.57. The second-order valence-electron chi connectivity index (χ2n) is 7.00. The lowest BCUT2D eigenvalue weighted by Crippen LogP contribution is -2.28. The van der Waals surface area contributed by atoms with Crippen LogP contribution in [0.1, 0.15) is 97.3 Å². The van der Waals surface area contributed by atoms with Crippen LogP contribution in [0.15, 0.2) is 12.2 Å². The molecule has 0 amide bonds. The number of allylic oxidation sites excluding steroid dienone is 2. The Hall–Kier alpha value is -1.36. The molecule has 0 aliphatic heterocycles. The number of carbonyl (C=O) groups excluding carboxylic acids is 2. The Labute approximate surface area is 165 Å². The summed E-state index contributed by atoms with van der Waals surface area (Å²) in [7, 11) is 0. The van der Waals surface area contributed by atoms with E-state index in [9.17, 15) is 14.7 Å². The maximum absolute atomic E-state index is 11.8. The molecule has 1 N–H and O–H groups in total. The van der Waals surface area contributed by atoms with Crippen molar-refractivity contribution in [3.8, 4) is 0 Å². The molecule has 0 heterocycles. The average molecular weight is 385 g/mol. The summed E-state index contributed by atoms with van der Waals surface area (Å²) >= 11 is 0. The number of hydrogen-bond acceptors (Lipinski definition) is 5. The van der Waals surface area contributed by atoms with Crippen molar-refractivity contribution < 1.29 is 24.2 Å². The first-order chi connectivity index (χ1) is 13.1. The third-order valence-corrected chi connectivity index (χ3v) is 4.31. The van der Waals surface area contributed by atoms with Gasteiger partial charge in [-0.3, -0.25) is 9.59 Å². The molecule has 0 aliphatic carbocycles. The molecule has 0 radical (unpaired) electrons. The Morgan fingerprint density at radius 2 is 1.41 bits per heavy atom. The van der Waals surface area contributed by atoms with Crippen LogP contribution in [-0.2, 0) is 19.1 Å². The highest BCUT2D eigenvalue weighted by Gasteiger charge is 2.15. The van der Waals surface area contributed by atoms with E-state index in [0.29, 0.717) is 12.8 Å². The molecule has 0 saturated heterocycles. The van der Waals surface area contributed by atoms with Crippen LogP contribution in [0.2, 0.25) is 0 Å². The third kappa shape index (κ3) is 17.8. The predicted octanol–water partition coefficient (Wildman–Crippen LogP) is 5.10. The summed E-state index contributed by atoms with van der Waals surface area (Å²) in [4.78, 5) is 23.3. The minimum Gasteiger partial charge on any atom is -0.462 e. The quantitative estimate of drug-likeness (QED) is 0.202. The minimum atomic E-state index is -0.762. The Morgan fingerprint density at radius 1 is 0.815 bits per heavy atom. The second kappa shape index (κ2) is 19.4. The number of aliphatic hydroxyl groups excluding tert-OH is 1. The standard InChI is InChI=1S/C22H40O5/c1-3-5-7-8-9-10-11-12-13-14-15-17-22(25)27-20(18-23)19-26-21(24)16-6-4-2/h8-9,20,23H,3-7,10-19H2,1-2H3/b9-8-. The number of aliphatic hydroxyl groups is 1. The molecule has 0 aromatic carbocycles. The van der Waals surface area contributed by atoms with Gasteiger partial charge in [-0.15, -0.1) is 0 Å². The van der Waals surface area contributed by atoms with Crippen molar-refractivity contribution in [2.45, 2.75) is 103 Å². The monoisotopic (exact) mass is 384 g/mol. The molecule has 0 spiro atoms. The highest BCUT2D eigenvalue weighted by Crippen LogP contribution is 2.09. The molecule has 0 aromatic rings. The molecule has 1 unspecified atom stereocenters. The van der Waals surface area contributed by atoms with E-state index in [1.807, 2.05) is 6.92 Å². The third-order valence-electron chi connectivity index (χ3n) is 4.31. The Morgan fingerprint density at radius 3 is 2.07 bits per heavy atom. The van der Waals surface area contributed by atoms with Gasteiger partial charge in [0.05, 0.1) is 6.61 Å². The molecule has 0 fully saturated rings. The predicted molar refractivity (Wildman–Crippen MR) is 108 cm³/mol. The molecule has 1 atom stereocenters. The summed E-state index contributed by atoms with van der Waals surface area (Å²) in [5.74, 6) is -0.649. The van der Waals surface area contributed by atoms with Crippen molar-refractivity contribution in [2.24, 2.45) is 0 Å². The van der Waals surface area contributed by atoms with Gasteiger partial charge in [-0.1, -0.05) is 64.5 Å². The summed E-state index contributed by atoms with van der Waals surface area (Å²) in [6, 6.07) is 0. The Kier molecular flexibility index (Phi) is 18.4. The molecule has 0 rings (SSSR count). The van der Waals surface area contributed by atoms with Gasteiger partial charge in [0.25, 0.3) is 0 Å². The van der Waals surface area contributed by atoms with Crippen LogP contribution in [0.5, 0.6) is 0 Å². The lowest BCUT2D eigenvalue weighted by molar-refractivity contribution is -0.161. The number of carbonyl (C=O) groups is 2. The van der Waals surface area contributed by atoms with Crippen LogP contribution >= 0.6 is 0 Å². The Bertz CT molecular complexity index is 392. The summed E-state index contributed by atoms with van der Waals surface area (Å²) < 4.78 is 10.2. The van der Waals surface area contributed by atoms with Crippen LogP contribution in [0.25, 0.3) is 0 Å². The zero-order valence-electron chi connectivity index (χ0n) is 17.4. The van der Waals surface area contributed by atoms with Gasteiger partial charge in [0.1, 0.15) is 6.61 Å². The van der Waals surface area contributed by atoms with Crippen molar-refractivity contribution in [3.63, 3.8) is 0 Å². The smallest absolute Gasteiger partial charge is 0.306 e. The SMILES string of the molecule is CCCC/C=C\CCCCCCCC(=O)OC(CO)COC(=O)CCCC. The van der Waals surface area contributed by atoms with Gasteiger partial charge in [-0.05, 0) is 32.1 Å². The van der Waals surface area contributed by atoms with Crippen molar-refractivity contribution in [1.29, 1.82) is 0 Å². The Balaban J connectivity index is 3.62. The first kappa shape index (κ1) is 25.6. The van der Waals surface area contributed by atoms with Crippen LogP contribution in [0.3, 0.4) is 0 Å². The van der Waals surface area contributed by atoms with E-state index in [0.717, 1.165) is 38.5 Å². The van der Waals surface area contributed by atoms with Crippen LogP contribution < -0.4 is 0 Å². The summed E-state index contributed by atoms with van der Waals surface area (Å²) in [6.45, 7) is 3.79. The van der Waals surface area contributed by atoms with Gasteiger partial charge in [0.2, 0.25) is 0 Å². The molecule has 5 nitrogen and oxygen atoms in total. The van der Waals surface area contributed by atoms with E-state index in [2.05, 4.69) is 19.1 Å². The molecule has 27 heavy (non-hydrogen) atoms. The number of unbranched alkanes of at least 4 members (excludes halogenated alkanes) is 8. The van der Waals surface area contributed by atoms with E-state index in [4.69, 9.17) is 9.47 Å². The largest absolute Gasteiger partial charge is 0.462 e. The topological polar surface area (TPSA) is 72.8 Å². The van der Waals surface area contributed by atoms with Crippen LogP contribution in [0.4, 0.5) is 0 Å². The highest BCUT2D eigenvalue weighted by atomic mass is 16.6. The minimum absolute atomic E-state index is 0.0729. The maximum Gasteiger partial charge on any atom is 0.306 e. The van der Waals surface area contributed by atoms with E-state index >= 15 is 0 Å². The van der Waals surface area contributed by atoms with Gasteiger partial charge in [-0.2, -0.15) is 0 Å². The highest BCUT2D eigenvalue weighted by molar-refractivity contribution is 5.70. The van der Waals surface area contributed by atoms with Gasteiger partial charge in [-0.25, -0.2) is 0 Å². The molecular weight excluding hydrogens is 344 g/mol. The first-order valence-corrected chi connectivity index (χ1v) is 10.7. The van der Waals surface area contributed by atoms with E-state index < -0.39 is 6.10 Å². The molecule has 0 saturated carbocycles. The number of rotatable bonds is 18. The zero-order valence-corrected chi connectivity index (χ0v) is 17.4. The summed E-state index contributed by atoms with van der Waals surface area (Å²) in [6.07, 6.45) is 16.3. The normalized spacial score (nSPS) is 12.3. The number of esters is 2.